The number of ether oxygens (including phenoxy) is 1. The van der Waals surface area contributed by atoms with Crippen molar-refractivity contribution in [3.63, 3.8) is 0 Å². The molecule has 1 amide bonds. The number of benzene rings is 1. The molecule has 1 aliphatic heterocycles. The van der Waals surface area contributed by atoms with Gasteiger partial charge in [0.15, 0.2) is 0 Å². The summed E-state index contributed by atoms with van der Waals surface area (Å²) in [6, 6.07) is 4.67. The number of nitrogens with two attached hydrogens (primary N) is 1. The number of carbonyl (C=O) groups excluding carboxylic acids is 1. The molecule has 1 aliphatic rings. The summed E-state index contributed by atoms with van der Waals surface area (Å²) < 4.78 is 55.6. The number of alkyl halides is 4. The number of hydrogen-bond acceptors (Lipinski definition) is 3. The van der Waals surface area contributed by atoms with Gasteiger partial charge in [-0.05, 0) is 30.5 Å². The highest BCUT2D eigenvalue weighted by molar-refractivity contribution is 5.90. The van der Waals surface area contributed by atoms with Crippen LogP contribution in [0.1, 0.15) is 31.0 Å². The van der Waals surface area contributed by atoms with E-state index in [9.17, 15) is 22.4 Å². The molecule has 1 heterocycles. The van der Waals surface area contributed by atoms with Gasteiger partial charge in [-0.15, -0.1) is 0 Å². The first-order valence-electron chi connectivity index (χ1n) is 7.17. The maximum atomic E-state index is 13.3. The standard InChI is InChI=1S/C15H18F4N2O2/c16-13(15(17,18)19)10-2-1-3-11(8-10)21-12(22)4-5-14(20)6-7-23-9-14/h1-3,8,13H,4-7,9,20H2,(H,21,22). The fourth-order valence-corrected chi connectivity index (χ4v) is 2.37. The third kappa shape index (κ3) is 4.90. The lowest BCUT2D eigenvalue weighted by Gasteiger charge is -2.21. The highest BCUT2D eigenvalue weighted by Gasteiger charge is 2.41. The van der Waals surface area contributed by atoms with Crippen molar-refractivity contribution in [3.8, 4) is 0 Å². The molecule has 1 saturated heterocycles. The second-order valence-corrected chi connectivity index (χ2v) is 5.74. The first kappa shape index (κ1) is 17.7. The number of rotatable bonds is 5. The van der Waals surface area contributed by atoms with Gasteiger partial charge in [0.05, 0.1) is 6.61 Å². The van der Waals surface area contributed by atoms with E-state index in [1.165, 1.54) is 12.1 Å². The normalized spacial score (nSPS) is 22.8. The molecule has 4 nitrogen and oxygen atoms in total. The van der Waals surface area contributed by atoms with E-state index in [0.29, 0.717) is 26.1 Å². The molecule has 2 unspecified atom stereocenters. The first-order chi connectivity index (χ1) is 10.7. The van der Waals surface area contributed by atoms with Crippen LogP contribution in [-0.2, 0) is 9.53 Å². The van der Waals surface area contributed by atoms with Crippen LogP contribution in [0.25, 0.3) is 0 Å². The molecule has 0 spiro atoms. The largest absolute Gasteiger partial charge is 0.423 e. The van der Waals surface area contributed by atoms with E-state index in [4.69, 9.17) is 10.5 Å². The molecule has 8 heteroatoms. The molecule has 0 aliphatic carbocycles. The molecule has 2 rings (SSSR count). The molecule has 1 aromatic rings. The van der Waals surface area contributed by atoms with Gasteiger partial charge in [0.1, 0.15) is 0 Å². The summed E-state index contributed by atoms with van der Waals surface area (Å²) in [6.07, 6.45) is -6.88. The molecule has 1 fully saturated rings. The molecule has 0 aromatic heterocycles. The third-order valence-electron chi connectivity index (χ3n) is 3.73. The van der Waals surface area contributed by atoms with Crippen molar-refractivity contribution in [3.05, 3.63) is 29.8 Å². The van der Waals surface area contributed by atoms with Gasteiger partial charge in [0, 0.05) is 24.3 Å². The fourth-order valence-electron chi connectivity index (χ4n) is 2.37. The lowest BCUT2D eigenvalue weighted by atomic mass is 9.94. The van der Waals surface area contributed by atoms with Crippen LogP contribution >= 0.6 is 0 Å². The summed E-state index contributed by atoms with van der Waals surface area (Å²) in [4.78, 5) is 11.9. The predicted octanol–water partition coefficient (Wildman–Crippen LogP) is 3.10. The lowest BCUT2D eigenvalue weighted by Crippen LogP contribution is -2.41. The Morgan fingerprint density at radius 3 is 2.78 bits per heavy atom. The average molecular weight is 334 g/mol. The van der Waals surface area contributed by atoms with Gasteiger partial charge >= 0.3 is 6.18 Å². The number of nitrogens with one attached hydrogen (secondary N) is 1. The maximum Gasteiger partial charge on any atom is 0.423 e. The molecule has 0 radical (unpaired) electrons. The van der Waals surface area contributed by atoms with Crippen LogP contribution < -0.4 is 11.1 Å². The topological polar surface area (TPSA) is 64.4 Å². The van der Waals surface area contributed by atoms with Gasteiger partial charge in [0.25, 0.3) is 0 Å². The first-order valence-corrected chi connectivity index (χ1v) is 7.17. The van der Waals surface area contributed by atoms with Crippen molar-refractivity contribution in [1.29, 1.82) is 0 Å². The van der Waals surface area contributed by atoms with E-state index in [2.05, 4.69) is 5.32 Å². The molecule has 1 aromatic carbocycles. The van der Waals surface area contributed by atoms with Crippen molar-refractivity contribution in [1.82, 2.24) is 0 Å². The molecular weight excluding hydrogens is 316 g/mol. The Balaban J connectivity index is 1.93. The zero-order chi connectivity index (χ0) is 17.1. The summed E-state index contributed by atoms with van der Waals surface area (Å²) in [5.74, 6) is -0.388. The van der Waals surface area contributed by atoms with E-state index < -0.39 is 23.5 Å². The highest BCUT2D eigenvalue weighted by Crippen LogP contribution is 2.36. The van der Waals surface area contributed by atoms with Gasteiger partial charge < -0.3 is 15.8 Å². The van der Waals surface area contributed by atoms with E-state index in [0.717, 1.165) is 12.1 Å². The van der Waals surface area contributed by atoms with Crippen LogP contribution in [0.2, 0.25) is 0 Å². The van der Waals surface area contributed by atoms with Gasteiger partial charge in [-0.3, -0.25) is 4.79 Å². The molecule has 3 N–H and O–H groups in total. The van der Waals surface area contributed by atoms with Crippen molar-refractivity contribution < 1.29 is 27.1 Å². The molecular formula is C15H18F4N2O2. The highest BCUT2D eigenvalue weighted by atomic mass is 19.4. The monoisotopic (exact) mass is 334 g/mol. The van der Waals surface area contributed by atoms with Crippen LogP contribution in [0.4, 0.5) is 23.2 Å². The zero-order valence-corrected chi connectivity index (χ0v) is 12.3. The zero-order valence-electron chi connectivity index (χ0n) is 12.3. The summed E-state index contributed by atoms with van der Waals surface area (Å²) in [5.41, 5.74) is 5.06. The molecule has 2 atom stereocenters. The number of hydrogen-bond donors (Lipinski definition) is 2. The molecule has 23 heavy (non-hydrogen) atoms. The fraction of sp³-hybridized carbons (Fsp3) is 0.533. The minimum Gasteiger partial charge on any atom is -0.379 e. The van der Waals surface area contributed by atoms with E-state index in [1.807, 2.05) is 0 Å². The van der Waals surface area contributed by atoms with Gasteiger partial charge in [0.2, 0.25) is 12.1 Å². The van der Waals surface area contributed by atoms with Crippen LogP contribution in [0.15, 0.2) is 24.3 Å². The summed E-state index contributed by atoms with van der Waals surface area (Å²) in [6.45, 7) is 0.931. The Labute approximate surface area is 131 Å². The smallest absolute Gasteiger partial charge is 0.379 e. The van der Waals surface area contributed by atoms with Gasteiger partial charge in [-0.1, -0.05) is 12.1 Å². The van der Waals surface area contributed by atoms with E-state index >= 15 is 0 Å². The lowest BCUT2D eigenvalue weighted by molar-refractivity contribution is -0.182. The molecule has 0 saturated carbocycles. The maximum absolute atomic E-state index is 13.3. The Kier molecular flexibility index (Phi) is 5.26. The van der Waals surface area contributed by atoms with Crippen molar-refractivity contribution in [2.75, 3.05) is 18.5 Å². The summed E-state index contributed by atoms with van der Waals surface area (Å²) in [5, 5.41) is 2.46. The molecule has 128 valence electrons. The van der Waals surface area contributed by atoms with Crippen LogP contribution in [0, 0.1) is 0 Å². The van der Waals surface area contributed by atoms with Crippen LogP contribution in [0.5, 0.6) is 0 Å². The van der Waals surface area contributed by atoms with Gasteiger partial charge in [-0.25, -0.2) is 4.39 Å². The summed E-state index contributed by atoms with van der Waals surface area (Å²) in [7, 11) is 0. The van der Waals surface area contributed by atoms with Crippen LogP contribution in [-0.4, -0.2) is 30.8 Å². The minimum absolute atomic E-state index is 0.114. The van der Waals surface area contributed by atoms with Crippen molar-refractivity contribution in [2.45, 2.75) is 37.1 Å². The minimum atomic E-state index is -4.98. The van der Waals surface area contributed by atoms with Crippen LogP contribution in [0.3, 0.4) is 0 Å². The number of anilines is 1. The number of carbonyl (C=O) groups is 1. The Morgan fingerprint density at radius 2 is 2.17 bits per heavy atom. The average Bonchev–Trinajstić information content (AvgIpc) is 2.91. The second kappa shape index (κ2) is 6.84. The Bertz CT molecular complexity index is 557. The van der Waals surface area contributed by atoms with Crippen molar-refractivity contribution in [2.24, 2.45) is 5.73 Å². The van der Waals surface area contributed by atoms with E-state index in [1.54, 1.807) is 0 Å². The van der Waals surface area contributed by atoms with Gasteiger partial charge in [-0.2, -0.15) is 13.2 Å². The SMILES string of the molecule is NC1(CCC(=O)Nc2cccc(C(F)C(F)(F)F)c2)CCOC1. The number of halogens is 4. The van der Waals surface area contributed by atoms with E-state index in [-0.39, 0.29) is 18.0 Å². The van der Waals surface area contributed by atoms with Crippen molar-refractivity contribution >= 4 is 11.6 Å². The predicted molar refractivity (Wildman–Crippen MR) is 76.6 cm³/mol. The second-order valence-electron chi connectivity index (χ2n) is 5.74. The Hall–Kier alpha value is -1.67. The molecule has 0 bridgehead atoms. The summed E-state index contributed by atoms with van der Waals surface area (Å²) >= 11 is 0. The number of amides is 1. The Morgan fingerprint density at radius 1 is 1.43 bits per heavy atom. The third-order valence-corrected chi connectivity index (χ3v) is 3.73. The quantitative estimate of drug-likeness (QED) is 0.813.